The summed E-state index contributed by atoms with van der Waals surface area (Å²) in [4.78, 5) is 55.8. The molecule has 0 aliphatic heterocycles. The normalized spacial score (nSPS) is 12.2. The Balaban J connectivity index is 2.10. The van der Waals surface area contributed by atoms with Gasteiger partial charge in [0.2, 0.25) is 0 Å². The molecular weight excluding hydrogens is 444 g/mol. The van der Waals surface area contributed by atoms with Gasteiger partial charge in [-0.25, -0.2) is 4.98 Å². The van der Waals surface area contributed by atoms with Crippen LogP contribution in [0.4, 0.5) is 11.4 Å². The molecular formula is C22H22N6O6. The average molecular weight is 466 g/mol. The van der Waals surface area contributed by atoms with E-state index in [1.54, 1.807) is 12.1 Å². The molecule has 0 unspecified atom stereocenters. The molecule has 0 aliphatic rings. The number of benzene rings is 2. The van der Waals surface area contributed by atoms with Crippen LogP contribution in [-0.4, -0.2) is 46.6 Å². The van der Waals surface area contributed by atoms with Gasteiger partial charge in [0.05, 0.1) is 23.1 Å². The number of carbonyl (C=O) groups excluding carboxylic acids is 2. The summed E-state index contributed by atoms with van der Waals surface area (Å²) in [5.74, 6) is -3.27. The topological polar surface area (TPSA) is 169 Å². The van der Waals surface area contributed by atoms with E-state index in [-0.39, 0.29) is 28.1 Å². The number of aryl methyl sites for hydroxylation is 2. The van der Waals surface area contributed by atoms with Crippen molar-refractivity contribution in [2.24, 2.45) is 5.10 Å². The van der Waals surface area contributed by atoms with Crippen molar-refractivity contribution in [1.82, 2.24) is 15.4 Å². The highest BCUT2D eigenvalue weighted by Crippen LogP contribution is 2.22. The number of esters is 1. The third-order valence-electron chi connectivity index (χ3n) is 5.13. The predicted molar refractivity (Wildman–Crippen MR) is 125 cm³/mol. The molecule has 0 fully saturated rings. The minimum absolute atomic E-state index is 0.0956. The van der Waals surface area contributed by atoms with Crippen LogP contribution in [0.1, 0.15) is 22.7 Å². The molecule has 1 atom stereocenters. The summed E-state index contributed by atoms with van der Waals surface area (Å²) in [5.41, 5.74) is 3.40. The van der Waals surface area contributed by atoms with Crippen molar-refractivity contribution in [3.63, 3.8) is 0 Å². The molecule has 0 saturated heterocycles. The van der Waals surface area contributed by atoms with E-state index < -0.39 is 28.3 Å². The molecule has 0 aliphatic carbocycles. The van der Waals surface area contributed by atoms with Crippen LogP contribution in [0, 0.1) is 24.0 Å². The smallest absolute Gasteiger partial charge is 0.321 e. The Morgan fingerprint density at radius 1 is 1.18 bits per heavy atom. The lowest BCUT2D eigenvalue weighted by atomic mass is 9.98. The number of nitro benzene ring substituents is 1. The first-order valence-electron chi connectivity index (χ1n) is 10.1. The third-order valence-corrected chi connectivity index (χ3v) is 5.13. The first-order valence-corrected chi connectivity index (χ1v) is 10.1. The molecule has 0 saturated carbocycles. The standard InChI is InChI=1S/C22H22N6O6/c1-11-5-6-13(9-12(11)2)24-21(30)19(27-23-3)17(22(31)34-4)18-20(29)26-16-10-14(28(32)33)7-8-15(16)25-18/h5-10,17,23H,1-4H3,(H,24,30)(H,26,29)/b27-19-/t17-/m1/s1. The van der Waals surface area contributed by atoms with Crippen LogP contribution in [0.5, 0.6) is 0 Å². The van der Waals surface area contributed by atoms with Gasteiger partial charge < -0.3 is 20.5 Å². The Labute approximate surface area is 193 Å². The van der Waals surface area contributed by atoms with Gasteiger partial charge in [0.15, 0.2) is 5.92 Å². The van der Waals surface area contributed by atoms with Gasteiger partial charge in [0.25, 0.3) is 17.2 Å². The largest absolute Gasteiger partial charge is 0.468 e. The Kier molecular flexibility index (Phi) is 7.00. The number of hydrazone groups is 1. The molecule has 12 nitrogen and oxygen atoms in total. The monoisotopic (exact) mass is 466 g/mol. The maximum absolute atomic E-state index is 13.1. The fraction of sp³-hybridized carbons (Fsp3) is 0.227. The summed E-state index contributed by atoms with van der Waals surface area (Å²) in [6.07, 6.45) is 0. The summed E-state index contributed by atoms with van der Waals surface area (Å²) in [7, 11) is 2.53. The number of hydrogen-bond acceptors (Lipinski definition) is 9. The number of rotatable bonds is 7. The van der Waals surface area contributed by atoms with Crippen LogP contribution in [0.2, 0.25) is 0 Å². The zero-order chi connectivity index (χ0) is 25.0. The maximum Gasteiger partial charge on any atom is 0.321 e. The molecule has 0 bridgehead atoms. The molecule has 2 aromatic carbocycles. The predicted octanol–water partition coefficient (Wildman–Crippen LogP) is 1.92. The molecule has 12 heteroatoms. The zero-order valence-corrected chi connectivity index (χ0v) is 18.8. The second kappa shape index (κ2) is 9.90. The van der Waals surface area contributed by atoms with Gasteiger partial charge in [-0.15, -0.1) is 0 Å². The number of nitrogens with one attached hydrogen (secondary N) is 3. The highest BCUT2D eigenvalue weighted by atomic mass is 16.6. The molecule has 3 rings (SSSR count). The van der Waals surface area contributed by atoms with E-state index in [0.717, 1.165) is 24.3 Å². The Morgan fingerprint density at radius 3 is 2.53 bits per heavy atom. The second-order valence-corrected chi connectivity index (χ2v) is 7.34. The number of nitro groups is 1. The van der Waals surface area contributed by atoms with Gasteiger partial charge >= 0.3 is 5.97 Å². The molecule has 176 valence electrons. The van der Waals surface area contributed by atoms with Gasteiger partial charge in [0, 0.05) is 24.9 Å². The number of methoxy groups -OCH3 is 1. The third kappa shape index (κ3) is 4.90. The molecule has 1 amide bonds. The first-order chi connectivity index (χ1) is 16.2. The van der Waals surface area contributed by atoms with Gasteiger partial charge in [-0.3, -0.25) is 24.5 Å². The highest BCUT2D eigenvalue weighted by Gasteiger charge is 2.36. The average Bonchev–Trinajstić information content (AvgIpc) is 2.80. The molecule has 0 spiro atoms. The fourth-order valence-corrected chi connectivity index (χ4v) is 3.25. The molecule has 3 N–H and O–H groups in total. The van der Waals surface area contributed by atoms with Crippen LogP contribution in [-0.2, 0) is 14.3 Å². The van der Waals surface area contributed by atoms with E-state index in [1.807, 2.05) is 19.9 Å². The number of non-ortho nitro benzene ring substituents is 1. The van der Waals surface area contributed by atoms with E-state index in [1.165, 1.54) is 19.2 Å². The van der Waals surface area contributed by atoms with E-state index in [4.69, 9.17) is 4.74 Å². The van der Waals surface area contributed by atoms with E-state index in [9.17, 15) is 24.5 Å². The van der Waals surface area contributed by atoms with Crippen LogP contribution in [0.3, 0.4) is 0 Å². The van der Waals surface area contributed by atoms with Gasteiger partial charge in [0.1, 0.15) is 11.4 Å². The molecule has 0 radical (unpaired) electrons. The number of nitrogens with zero attached hydrogens (tertiary/aromatic N) is 3. The SMILES string of the molecule is CN/N=C(\C(=O)Nc1ccc(C)c(C)c1)[C@H](C(=O)OC)c1nc2ccc([N+](=O)[O-])cc2[nH]c1=O. The highest BCUT2D eigenvalue weighted by molar-refractivity contribution is 6.47. The van der Waals surface area contributed by atoms with Crippen LogP contribution in [0.25, 0.3) is 11.0 Å². The minimum atomic E-state index is -1.58. The van der Waals surface area contributed by atoms with E-state index in [0.29, 0.717) is 5.69 Å². The van der Waals surface area contributed by atoms with Gasteiger partial charge in [-0.05, 0) is 43.2 Å². The van der Waals surface area contributed by atoms with Crippen LogP contribution in [0.15, 0.2) is 46.3 Å². The van der Waals surface area contributed by atoms with Crippen LogP contribution >= 0.6 is 0 Å². The summed E-state index contributed by atoms with van der Waals surface area (Å²) >= 11 is 0. The number of anilines is 1. The maximum atomic E-state index is 13.1. The Hall–Kier alpha value is -4.61. The number of carbonyl (C=O) groups is 2. The molecule has 3 aromatic rings. The van der Waals surface area contributed by atoms with Gasteiger partial charge in [-0.2, -0.15) is 5.10 Å². The number of aromatic amines is 1. The molecule has 1 aromatic heterocycles. The van der Waals surface area contributed by atoms with Crippen molar-refractivity contribution in [3.05, 3.63) is 73.7 Å². The van der Waals surface area contributed by atoms with E-state index >= 15 is 0 Å². The second-order valence-electron chi connectivity index (χ2n) is 7.34. The fourth-order valence-electron chi connectivity index (χ4n) is 3.25. The number of ether oxygens (including phenoxy) is 1. The summed E-state index contributed by atoms with van der Waals surface area (Å²) in [6.45, 7) is 3.81. The van der Waals surface area contributed by atoms with Crippen molar-refractivity contribution in [2.75, 3.05) is 19.5 Å². The minimum Gasteiger partial charge on any atom is -0.468 e. The van der Waals surface area contributed by atoms with Crippen molar-refractivity contribution in [2.45, 2.75) is 19.8 Å². The number of amides is 1. The summed E-state index contributed by atoms with van der Waals surface area (Å²) in [6, 6.07) is 8.96. The summed E-state index contributed by atoms with van der Waals surface area (Å²) in [5, 5.41) is 17.6. The Morgan fingerprint density at radius 2 is 1.91 bits per heavy atom. The molecule has 1 heterocycles. The van der Waals surface area contributed by atoms with E-state index in [2.05, 4.69) is 25.8 Å². The van der Waals surface area contributed by atoms with Gasteiger partial charge in [-0.1, -0.05) is 6.07 Å². The molecule has 34 heavy (non-hydrogen) atoms. The number of aromatic nitrogens is 2. The number of hydrogen-bond donors (Lipinski definition) is 3. The summed E-state index contributed by atoms with van der Waals surface area (Å²) < 4.78 is 4.84. The zero-order valence-electron chi connectivity index (χ0n) is 18.8. The lowest BCUT2D eigenvalue weighted by Gasteiger charge is -2.17. The lowest BCUT2D eigenvalue weighted by molar-refractivity contribution is -0.384. The quantitative estimate of drug-likeness (QED) is 0.205. The van der Waals surface area contributed by atoms with Crippen molar-refractivity contribution >= 4 is 40.0 Å². The van der Waals surface area contributed by atoms with Crippen LogP contribution < -0.4 is 16.3 Å². The van der Waals surface area contributed by atoms with Crippen molar-refractivity contribution < 1.29 is 19.2 Å². The first kappa shape index (κ1) is 24.0. The number of fused-ring (bicyclic) bond motifs is 1. The van der Waals surface area contributed by atoms with Crippen molar-refractivity contribution in [1.29, 1.82) is 0 Å². The van der Waals surface area contributed by atoms with Crippen molar-refractivity contribution in [3.8, 4) is 0 Å². The number of H-pyrrole nitrogens is 1. The Bertz CT molecular complexity index is 1380. The lowest BCUT2D eigenvalue weighted by Crippen LogP contribution is -2.38.